The number of allylic oxidation sites excluding steroid dienone is 3. The Morgan fingerprint density at radius 3 is 2.62 bits per heavy atom. The average Bonchev–Trinajstić information content (AvgIpc) is 2.90. The fourth-order valence-corrected chi connectivity index (χ4v) is 6.13. The number of hydrogen-bond donors (Lipinski definition) is 1. The molecule has 2 bridgehead atoms. The van der Waals surface area contributed by atoms with E-state index in [1.54, 1.807) is 19.3 Å². The SMILES string of the molecule is CO[C@@H](/C(C)=C/CO)[C@@H](C)[C@@H]1C[C@H](OCOCC[Si](C)(C)C)/C(C)=C/C=C/[C@@H](C)[C@H]2C[C@@H](C/C=C/C(=O)O1)CC(=O)O2. The van der Waals surface area contributed by atoms with Gasteiger partial charge in [0.25, 0.3) is 0 Å². The Kier molecular flexibility index (Phi) is 15.4. The van der Waals surface area contributed by atoms with Gasteiger partial charge in [0.1, 0.15) is 19.0 Å². The molecule has 2 heterocycles. The van der Waals surface area contributed by atoms with Crippen molar-refractivity contribution in [3.63, 3.8) is 0 Å². The molecule has 0 radical (unpaired) electrons. The molecule has 7 atom stereocenters. The highest BCUT2D eigenvalue weighted by Gasteiger charge is 2.33. The standard InChI is InChI=1S/C33H54O8Si/c1-23-11-9-12-24(2)29-19-27(20-32(36)40-29)13-10-14-31(35)41-30(26(4)33(37-5)25(3)15-16-34)21-28(23)39-22-38-17-18-42(6,7)8/h9-12,14-15,24,26-30,33-34H,13,16-22H2,1-8H3/b12-9+,14-10+,23-11+,25-15+/t24-,26+,27-,28+,29-,30+,33+/m1/s1. The van der Waals surface area contributed by atoms with Crippen molar-refractivity contribution in [1.82, 2.24) is 0 Å². The van der Waals surface area contributed by atoms with Crippen LogP contribution in [0.25, 0.3) is 0 Å². The summed E-state index contributed by atoms with van der Waals surface area (Å²) < 4.78 is 29.7. The minimum absolute atomic E-state index is 0.0448. The van der Waals surface area contributed by atoms with Gasteiger partial charge in [-0.2, -0.15) is 0 Å². The first-order chi connectivity index (χ1) is 19.8. The summed E-state index contributed by atoms with van der Waals surface area (Å²) in [6, 6.07) is 1.04. The first-order valence-electron chi connectivity index (χ1n) is 15.3. The average molecular weight is 607 g/mol. The number of rotatable bonds is 11. The third-order valence-electron chi connectivity index (χ3n) is 8.14. The summed E-state index contributed by atoms with van der Waals surface area (Å²) in [7, 11) is 0.383. The number of cyclic esters (lactones) is 1. The van der Waals surface area contributed by atoms with Gasteiger partial charge in [0.2, 0.25) is 0 Å². The minimum Gasteiger partial charge on any atom is -0.462 e. The molecule has 2 aliphatic heterocycles. The van der Waals surface area contributed by atoms with E-state index >= 15 is 0 Å². The summed E-state index contributed by atoms with van der Waals surface area (Å²) in [4.78, 5) is 25.4. The minimum atomic E-state index is -1.24. The number of aliphatic hydroxyl groups excluding tert-OH is 1. The number of carbonyl (C=O) groups excluding carboxylic acids is 2. The van der Waals surface area contributed by atoms with Gasteiger partial charge in [-0.3, -0.25) is 4.79 Å². The summed E-state index contributed by atoms with van der Waals surface area (Å²) in [5.41, 5.74) is 1.82. The van der Waals surface area contributed by atoms with Crippen molar-refractivity contribution in [3.8, 4) is 0 Å². The molecule has 9 heteroatoms. The lowest BCUT2D eigenvalue weighted by molar-refractivity contribution is -0.158. The van der Waals surface area contributed by atoms with Crippen molar-refractivity contribution >= 4 is 20.0 Å². The van der Waals surface area contributed by atoms with E-state index in [-0.39, 0.29) is 55.4 Å². The highest BCUT2D eigenvalue weighted by atomic mass is 28.3. The zero-order valence-electron chi connectivity index (χ0n) is 27.0. The van der Waals surface area contributed by atoms with Gasteiger partial charge in [-0.15, -0.1) is 0 Å². The Hall–Kier alpha value is -2.04. The highest BCUT2D eigenvalue weighted by molar-refractivity contribution is 6.76. The predicted molar refractivity (Wildman–Crippen MR) is 168 cm³/mol. The molecule has 0 aromatic heterocycles. The van der Waals surface area contributed by atoms with Crippen molar-refractivity contribution in [3.05, 3.63) is 47.6 Å². The van der Waals surface area contributed by atoms with Crippen molar-refractivity contribution in [2.24, 2.45) is 17.8 Å². The molecule has 0 aromatic rings. The lowest BCUT2D eigenvalue weighted by Gasteiger charge is -2.33. The van der Waals surface area contributed by atoms with E-state index in [4.69, 9.17) is 23.7 Å². The van der Waals surface area contributed by atoms with Gasteiger partial charge in [-0.05, 0) is 49.8 Å². The van der Waals surface area contributed by atoms with Crippen molar-refractivity contribution in [2.45, 2.75) is 103 Å². The normalized spacial score (nSPS) is 30.8. The number of aliphatic hydroxyl groups is 1. The smallest absolute Gasteiger partial charge is 0.330 e. The Labute approximate surface area is 254 Å². The van der Waals surface area contributed by atoms with Crippen LogP contribution in [-0.4, -0.2) is 76.7 Å². The zero-order valence-corrected chi connectivity index (χ0v) is 28.0. The van der Waals surface area contributed by atoms with Crippen LogP contribution in [0.1, 0.15) is 53.4 Å². The molecule has 42 heavy (non-hydrogen) atoms. The zero-order chi connectivity index (χ0) is 31.3. The quantitative estimate of drug-likeness (QED) is 0.101. The first-order valence-corrected chi connectivity index (χ1v) is 19.0. The number of fused-ring (bicyclic) bond motifs is 2. The summed E-state index contributed by atoms with van der Waals surface area (Å²) in [5.74, 6) is -0.728. The number of methoxy groups -OCH3 is 1. The van der Waals surface area contributed by atoms with Crippen LogP contribution in [0.4, 0.5) is 0 Å². The lowest BCUT2D eigenvalue weighted by Crippen LogP contribution is -2.38. The van der Waals surface area contributed by atoms with Gasteiger partial charge in [0.05, 0.1) is 18.8 Å². The summed E-state index contributed by atoms with van der Waals surface area (Å²) >= 11 is 0. The van der Waals surface area contributed by atoms with Crippen molar-refractivity contribution < 1.29 is 38.4 Å². The third kappa shape index (κ3) is 12.7. The molecular weight excluding hydrogens is 552 g/mol. The highest BCUT2D eigenvalue weighted by Crippen LogP contribution is 2.30. The molecule has 0 unspecified atom stereocenters. The molecule has 1 saturated heterocycles. The van der Waals surface area contributed by atoms with Gasteiger partial charge < -0.3 is 28.8 Å². The van der Waals surface area contributed by atoms with E-state index in [9.17, 15) is 14.7 Å². The van der Waals surface area contributed by atoms with Crippen LogP contribution in [0, 0.1) is 17.8 Å². The fourth-order valence-electron chi connectivity index (χ4n) is 5.38. The second-order valence-electron chi connectivity index (χ2n) is 13.0. The largest absolute Gasteiger partial charge is 0.462 e. The van der Waals surface area contributed by atoms with E-state index in [2.05, 4.69) is 32.6 Å². The molecule has 0 spiro atoms. The fraction of sp³-hybridized carbons (Fsp3) is 0.697. The van der Waals surface area contributed by atoms with Gasteiger partial charge in [0, 0.05) is 52.5 Å². The van der Waals surface area contributed by atoms with Gasteiger partial charge in [-0.25, -0.2) is 4.79 Å². The van der Waals surface area contributed by atoms with E-state index < -0.39 is 20.1 Å². The molecular formula is C33H54O8Si. The molecule has 2 aliphatic rings. The number of esters is 2. The molecule has 0 amide bonds. The Bertz CT molecular complexity index is 979. The maximum absolute atomic E-state index is 13.1. The van der Waals surface area contributed by atoms with E-state index in [0.29, 0.717) is 25.9 Å². The van der Waals surface area contributed by atoms with Crippen LogP contribution in [0.2, 0.25) is 25.7 Å². The van der Waals surface area contributed by atoms with Gasteiger partial charge in [0.15, 0.2) is 0 Å². The summed E-state index contributed by atoms with van der Waals surface area (Å²) in [6.07, 6.45) is 11.6. The molecule has 0 aliphatic carbocycles. The maximum atomic E-state index is 13.1. The monoisotopic (exact) mass is 606 g/mol. The molecule has 2 rings (SSSR count). The third-order valence-corrected chi connectivity index (χ3v) is 9.84. The van der Waals surface area contributed by atoms with E-state index in [0.717, 1.165) is 23.6 Å². The molecule has 8 nitrogen and oxygen atoms in total. The van der Waals surface area contributed by atoms with Crippen LogP contribution in [0.5, 0.6) is 0 Å². The van der Waals surface area contributed by atoms with Crippen LogP contribution in [0.15, 0.2) is 47.6 Å². The second-order valence-corrected chi connectivity index (χ2v) is 18.6. The number of hydrogen-bond acceptors (Lipinski definition) is 8. The molecule has 1 fully saturated rings. The Morgan fingerprint density at radius 2 is 1.95 bits per heavy atom. The van der Waals surface area contributed by atoms with Crippen molar-refractivity contribution in [1.29, 1.82) is 0 Å². The number of carbonyl (C=O) groups is 2. The Balaban J connectivity index is 2.39. The first kappa shape index (κ1) is 36.1. The van der Waals surface area contributed by atoms with Crippen molar-refractivity contribution in [2.75, 3.05) is 27.1 Å². The molecule has 0 aromatic carbocycles. The molecule has 238 valence electrons. The van der Waals surface area contributed by atoms with E-state index in [1.165, 1.54) is 6.08 Å². The summed E-state index contributed by atoms with van der Waals surface area (Å²) in [5, 5.41) is 9.48. The van der Waals surface area contributed by atoms with Crippen LogP contribution < -0.4 is 0 Å². The van der Waals surface area contributed by atoms with Crippen LogP contribution in [-0.2, 0) is 33.3 Å². The lowest BCUT2D eigenvalue weighted by atomic mass is 9.86. The van der Waals surface area contributed by atoms with Gasteiger partial charge >= 0.3 is 11.9 Å². The summed E-state index contributed by atoms with van der Waals surface area (Å²) in [6.45, 7) is 15.5. The second kappa shape index (κ2) is 17.9. The maximum Gasteiger partial charge on any atom is 0.330 e. The number of ether oxygens (including phenoxy) is 5. The van der Waals surface area contributed by atoms with Gasteiger partial charge in [-0.1, -0.05) is 63.9 Å². The molecule has 1 N–H and O–H groups in total. The van der Waals surface area contributed by atoms with Crippen LogP contribution in [0.3, 0.4) is 0 Å². The van der Waals surface area contributed by atoms with Crippen LogP contribution >= 0.6 is 0 Å². The predicted octanol–water partition coefficient (Wildman–Crippen LogP) is 6.00. The Morgan fingerprint density at radius 1 is 1.21 bits per heavy atom. The van der Waals surface area contributed by atoms with E-state index in [1.807, 2.05) is 32.9 Å². The topological polar surface area (TPSA) is 101 Å². The molecule has 0 saturated carbocycles.